The second kappa shape index (κ2) is 2.96. The van der Waals surface area contributed by atoms with Crippen molar-refractivity contribution >= 4 is 31.9 Å². The largest absolute Gasteiger partial charge is 0.368 e. The van der Waals surface area contributed by atoms with E-state index in [2.05, 4.69) is 52.6 Å². The standard InChI is InChI=1S/C10H16Br2O/c1-9(2)6-4-5-10(3,13-9)8(12)7(6)11/h6-8H,4-5H2,1-3H3/t6-,7+,8-,10+/m1/s1. The first-order chi connectivity index (χ1) is 5.87. The lowest BCUT2D eigenvalue weighted by molar-refractivity contribution is -0.220. The van der Waals surface area contributed by atoms with E-state index in [1.54, 1.807) is 0 Å². The summed E-state index contributed by atoms with van der Waals surface area (Å²) < 4.78 is 6.17. The summed E-state index contributed by atoms with van der Waals surface area (Å²) in [6, 6.07) is 0. The molecule has 0 aromatic heterocycles. The summed E-state index contributed by atoms with van der Waals surface area (Å²) in [6.07, 6.45) is 2.46. The van der Waals surface area contributed by atoms with Gasteiger partial charge in [0.25, 0.3) is 0 Å². The molecule has 1 saturated carbocycles. The average molecular weight is 312 g/mol. The molecule has 0 aromatic rings. The van der Waals surface area contributed by atoms with Gasteiger partial charge in [0.2, 0.25) is 0 Å². The van der Waals surface area contributed by atoms with E-state index in [0.717, 1.165) is 0 Å². The van der Waals surface area contributed by atoms with Gasteiger partial charge >= 0.3 is 0 Å². The van der Waals surface area contributed by atoms with Gasteiger partial charge in [-0.3, -0.25) is 0 Å². The summed E-state index contributed by atoms with van der Waals surface area (Å²) in [5.41, 5.74) is 0.0534. The maximum Gasteiger partial charge on any atom is 0.0797 e. The predicted molar refractivity (Wildman–Crippen MR) is 61.7 cm³/mol. The van der Waals surface area contributed by atoms with Crippen LogP contribution in [-0.2, 0) is 4.74 Å². The zero-order chi connectivity index (χ0) is 9.85. The Morgan fingerprint density at radius 1 is 1.23 bits per heavy atom. The van der Waals surface area contributed by atoms with Gasteiger partial charge in [-0.25, -0.2) is 0 Å². The molecule has 76 valence electrons. The van der Waals surface area contributed by atoms with E-state index in [-0.39, 0.29) is 11.2 Å². The van der Waals surface area contributed by atoms with Gasteiger partial charge in [-0.1, -0.05) is 31.9 Å². The summed E-state index contributed by atoms with van der Waals surface area (Å²) in [6.45, 7) is 6.64. The fourth-order valence-corrected chi connectivity index (χ4v) is 4.95. The lowest BCUT2D eigenvalue weighted by Crippen LogP contribution is -2.64. The normalized spacial score (nSPS) is 53.8. The highest BCUT2D eigenvalue weighted by Crippen LogP contribution is 2.54. The molecule has 2 heterocycles. The van der Waals surface area contributed by atoms with Crippen LogP contribution in [0.1, 0.15) is 33.6 Å². The Kier molecular flexibility index (Phi) is 2.37. The molecule has 3 aliphatic rings. The van der Waals surface area contributed by atoms with Gasteiger partial charge in [0, 0.05) is 10.7 Å². The molecule has 0 amide bonds. The second-order valence-electron chi connectivity index (χ2n) is 5.01. The molecule has 1 aliphatic carbocycles. The van der Waals surface area contributed by atoms with Gasteiger partial charge in [0.1, 0.15) is 0 Å². The maximum absolute atomic E-state index is 6.17. The average Bonchev–Trinajstić information content (AvgIpc) is 1.97. The number of hydrogen-bond acceptors (Lipinski definition) is 1. The highest BCUT2D eigenvalue weighted by molar-refractivity contribution is 9.12. The molecule has 13 heavy (non-hydrogen) atoms. The molecule has 0 N–H and O–H groups in total. The topological polar surface area (TPSA) is 9.23 Å². The van der Waals surface area contributed by atoms with Crippen LogP contribution >= 0.6 is 31.9 Å². The van der Waals surface area contributed by atoms with Crippen molar-refractivity contribution in [2.75, 3.05) is 0 Å². The first kappa shape index (κ1) is 10.4. The highest BCUT2D eigenvalue weighted by atomic mass is 79.9. The quantitative estimate of drug-likeness (QED) is 0.622. The first-order valence-corrected chi connectivity index (χ1v) is 6.68. The fourth-order valence-electron chi connectivity index (χ4n) is 2.79. The molecule has 3 heteroatoms. The highest BCUT2D eigenvalue weighted by Gasteiger charge is 2.57. The zero-order valence-corrected chi connectivity index (χ0v) is 11.5. The number of halogens is 2. The molecule has 0 unspecified atom stereocenters. The Bertz CT molecular complexity index is 229. The second-order valence-corrected chi connectivity index (χ2v) is 7.05. The van der Waals surface area contributed by atoms with Gasteiger partial charge in [-0.2, -0.15) is 0 Å². The molecular formula is C10H16Br2O. The van der Waals surface area contributed by atoms with E-state index >= 15 is 0 Å². The van der Waals surface area contributed by atoms with Gasteiger partial charge < -0.3 is 4.74 Å². The van der Waals surface area contributed by atoms with Crippen LogP contribution in [0.15, 0.2) is 0 Å². The predicted octanol–water partition coefficient (Wildman–Crippen LogP) is 3.49. The van der Waals surface area contributed by atoms with Gasteiger partial charge in [0.05, 0.1) is 16.0 Å². The molecule has 2 bridgehead atoms. The van der Waals surface area contributed by atoms with E-state index in [0.29, 0.717) is 15.6 Å². The lowest BCUT2D eigenvalue weighted by atomic mass is 9.69. The monoisotopic (exact) mass is 310 g/mol. The lowest BCUT2D eigenvalue weighted by Gasteiger charge is -2.58. The molecular weight excluding hydrogens is 296 g/mol. The number of ether oxygens (including phenoxy) is 1. The molecule has 4 atom stereocenters. The third-order valence-corrected chi connectivity index (χ3v) is 7.00. The van der Waals surface area contributed by atoms with Gasteiger partial charge in [-0.05, 0) is 33.6 Å². The van der Waals surface area contributed by atoms with E-state index in [9.17, 15) is 0 Å². The smallest absolute Gasteiger partial charge is 0.0797 e. The van der Waals surface area contributed by atoms with Crippen molar-refractivity contribution in [3.63, 3.8) is 0 Å². The van der Waals surface area contributed by atoms with Crippen molar-refractivity contribution in [3.8, 4) is 0 Å². The van der Waals surface area contributed by atoms with Crippen LogP contribution in [0.2, 0.25) is 0 Å². The summed E-state index contributed by atoms with van der Waals surface area (Å²) >= 11 is 7.54. The van der Waals surface area contributed by atoms with Crippen LogP contribution in [0.3, 0.4) is 0 Å². The van der Waals surface area contributed by atoms with Crippen LogP contribution in [0.4, 0.5) is 0 Å². The Labute approximate surface area is 96.9 Å². The van der Waals surface area contributed by atoms with Crippen molar-refractivity contribution < 1.29 is 4.74 Å². The summed E-state index contributed by atoms with van der Waals surface area (Å²) in [5, 5.41) is 0. The van der Waals surface area contributed by atoms with Crippen LogP contribution in [0.5, 0.6) is 0 Å². The summed E-state index contributed by atoms with van der Waals surface area (Å²) in [4.78, 5) is 1.00. The molecule has 0 radical (unpaired) electrons. The Morgan fingerprint density at radius 3 is 2.31 bits per heavy atom. The molecule has 1 nitrogen and oxygen atoms in total. The third kappa shape index (κ3) is 1.42. The third-order valence-electron chi connectivity index (χ3n) is 3.59. The van der Waals surface area contributed by atoms with Crippen LogP contribution in [-0.4, -0.2) is 20.9 Å². The van der Waals surface area contributed by atoms with Gasteiger partial charge in [0.15, 0.2) is 0 Å². The minimum Gasteiger partial charge on any atom is -0.368 e. The number of hydrogen-bond donors (Lipinski definition) is 0. The van der Waals surface area contributed by atoms with E-state index in [1.807, 2.05) is 0 Å². The van der Waals surface area contributed by atoms with Crippen molar-refractivity contribution in [1.29, 1.82) is 0 Å². The molecule has 3 rings (SSSR count). The molecule has 0 aromatic carbocycles. The molecule has 0 spiro atoms. The molecule has 3 fully saturated rings. The maximum atomic E-state index is 6.17. The first-order valence-electron chi connectivity index (χ1n) is 4.85. The van der Waals surface area contributed by atoms with Crippen molar-refractivity contribution in [2.45, 2.75) is 54.5 Å². The Morgan fingerprint density at radius 2 is 1.85 bits per heavy atom. The SMILES string of the molecule is CC1(C)O[C@@]2(C)CC[C@@H]1[C@H](Br)[C@H]2Br. The molecule has 2 saturated heterocycles. The van der Waals surface area contributed by atoms with E-state index in [4.69, 9.17) is 4.74 Å². The summed E-state index contributed by atoms with van der Waals surface area (Å²) in [5.74, 6) is 0.638. The number of alkyl halides is 2. The van der Waals surface area contributed by atoms with Gasteiger partial charge in [-0.15, -0.1) is 0 Å². The number of fused-ring (bicyclic) bond motifs is 3. The summed E-state index contributed by atoms with van der Waals surface area (Å²) in [7, 11) is 0. The Balaban J connectivity index is 2.34. The van der Waals surface area contributed by atoms with Crippen molar-refractivity contribution in [1.82, 2.24) is 0 Å². The number of rotatable bonds is 0. The van der Waals surface area contributed by atoms with Crippen LogP contribution in [0, 0.1) is 5.92 Å². The van der Waals surface area contributed by atoms with Crippen molar-refractivity contribution in [2.24, 2.45) is 5.92 Å². The minimum atomic E-state index is 0.0203. The van der Waals surface area contributed by atoms with Crippen LogP contribution < -0.4 is 0 Å². The molecule has 2 aliphatic heterocycles. The van der Waals surface area contributed by atoms with Crippen molar-refractivity contribution in [3.05, 3.63) is 0 Å². The van der Waals surface area contributed by atoms with E-state index in [1.165, 1.54) is 12.8 Å². The zero-order valence-electron chi connectivity index (χ0n) is 8.31. The fraction of sp³-hybridized carbons (Fsp3) is 1.00. The van der Waals surface area contributed by atoms with Crippen LogP contribution in [0.25, 0.3) is 0 Å². The Hall–Kier alpha value is 0.920. The van der Waals surface area contributed by atoms with E-state index < -0.39 is 0 Å². The minimum absolute atomic E-state index is 0.0203.